The fraction of sp³-hybridized carbons (Fsp3) is 0.455. The predicted molar refractivity (Wildman–Crippen MR) is 106 cm³/mol. The highest BCUT2D eigenvalue weighted by Crippen LogP contribution is 2.52. The van der Waals surface area contributed by atoms with Gasteiger partial charge in [0.2, 0.25) is 0 Å². The van der Waals surface area contributed by atoms with Crippen molar-refractivity contribution in [3.8, 4) is 0 Å². The molecule has 0 radical (unpaired) electrons. The minimum absolute atomic E-state index is 0.0860. The highest BCUT2D eigenvalue weighted by atomic mass is 32.2. The third kappa shape index (κ3) is 3.36. The van der Waals surface area contributed by atoms with E-state index in [1.54, 1.807) is 18.2 Å². The van der Waals surface area contributed by atoms with Gasteiger partial charge in [-0.3, -0.25) is 0 Å². The first kappa shape index (κ1) is 20.9. The fourth-order valence-electron chi connectivity index (χ4n) is 3.82. The Bertz CT molecular complexity index is 1000. The Labute approximate surface area is 164 Å². The second-order valence-electron chi connectivity index (χ2n) is 8.76. The highest BCUT2D eigenvalue weighted by molar-refractivity contribution is 7.92. The van der Waals surface area contributed by atoms with Crippen molar-refractivity contribution in [2.45, 2.75) is 57.7 Å². The molecule has 0 aliphatic heterocycles. The average molecular weight is 411 g/mol. The zero-order valence-electron chi connectivity index (χ0n) is 16.7. The van der Waals surface area contributed by atoms with Gasteiger partial charge in [0.1, 0.15) is 5.25 Å². The lowest BCUT2D eigenvalue weighted by molar-refractivity contribution is -0.0442. The number of alkyl halides is 3. The van der Waals surface area contributed by atoms with Gasteiger partial charge in [-0.2, -0.15) is 13.2 Å². The summed E-state index contributed by atoms with van der Waals surface area (Å²) in [6.07, 6.45) is 5.71. The summed E-state index contributed by atoms with van der Waals surface area (Å²) in [6.45, 7) is 9.92. The van der Waals surface area contributed by atoms with Gasteiger partial charge in [0.05, 0.1) is 0 Å². The van der Waals surface area contributed by atoms with Gasteiger partial charge in [-0.15, -0.1) is 0 Å². The molecule has 28 heavy (non-hydrogen) atoms. The molecule has 2 aliphatic carbocycles. The number of rotatable bonds is 2. The van der Waals surface area contributed by atoms with Crippen molar-refractivity contribution in [1.82, 2.24) is 0 Å². The van der Waals surface area contributed by atoms with Crippen LogP contribution in [0.4, 0.5) is 13.2 Å². The van der Waals surface area contributed by atoms with E-state index in [2.05, 4.69) is 0 Å². The summed E-state index contributed by atoms with van der Waals surface area (Å²) in [7, 11) is -5.39. The smallest absolute Gasteiger partial charge is 0.219 e. The Morgan fingerprint density at radius 1 is 1.07 bits per heavy atom. The van der Waals surface area contributed by atoms with Gasteiger partial charge >= 0.3 is 5.51 Å². The summed E-state index contributed by atoms with van der Waals surface area (Å²) < 4.78 is 65.6. The lowest BCUT2D eigenvalue weighted by Gasteiger charge is -2.22. The van der Waals surface area contributed by atoms with Crippen molar-refractivity contribution in [1.29, 1.82) is 0 Å². The highest BCUT2D eigenvalue weighted by Gasteiger charge is 2.54. The number of benzene rings is 1. The molecule has 0 N–H and O–H groups in total. The van der Waals surface area contributed by atoms with E-state index < -0.39 is 20.6 Å². The Balaban J connectivity index is 2.24. The van der Waals surface area contributed by atoms with Crippen molar-refractivity contribution in [3.05, 3.63) is 64.3 Å². The van der Waals surface area contributed by atoms with Crippen LogP contribution in [0.5, 0.6) is 0 Å². The quantitative estimate of drug-likeness (QED) is 0.559. The molecule has 0 bridgehead atoms. The predicted octanol–water partition coefficient (Wildman–Crippen LogP) is 6.49. The second-order valence-corrected chi connectivity index (χ2v) is 10.8. The summed E-state index contributed by atoms with van der Waals surface area (Å²) in [6, 6.07) is 5.26. The first-order chi connectivity index (χ1) is 12.7. The molecule has 1 unspecified atom stereocenters. The van der Waals surface area contributed by atoms with Crippen LogP contribution >= 0.6 is 0 Å². The van der Waals surface area contributed by atoms with E-state index in [0.29, 0.717) is 16.7 Å². The molecule has 1 aromatic carbocycles. The molecule has 2 nitrogen and oxygen atoms in total. The number of allylic oxidation sites excluding steroid dienone is 5. The van der Waals surface area contributed by atoms with E-state index in [9.17, 15) is 21.6 Å². The Kier molecular flexibility index (Phi) is 4.94. The van der Waals surface area contributed by atoms with Gasteiger partial charge in [-0.25, -0.2) is 8.42 Å². The zero-order valence-corrected chi connectivity index (χ0v) is 17.5. The minimum atomic E-state index is -5.39. The molecule has 0 aromatic heterocycles. The zero-order chi connectivity index (χ0) is 21.1. The maximum absolute atomic E-state index is 13.5. The molecule has 0 amide bonds. The van der Waals surface area contributed by atoms with Crippen LogP contribution in [-0.2, 0) is 9.84 Å². The van der Waals surface area contributed by atoms with E-state index >= 15 is 0 Å². The van der Waals surface area contributed by atoms with Crippen molar-refractivity contribution in [2.24, 2.45) is 5.41 Å². The van der Waals surface area contributed by atoms with Crippen LogP contribution < -0.4 is 0 Å². The molecular weight excluding hydrogens is 385 g/mol. The summed E-state index contributed by atoms with van der Waals surface area (Å²) in [5, 5.41) is -1.68. The normalized spacial score (nSPS) is 20.2. The van der Waals surface area contributed by atoms with E-state index in [1.807, 2.05) is 52.8 Å². The maximum Gasteiger partial charge on any atom is 0.498 e. The van der Waals surface area contributed by atoms with Crippen molar-refractivity contribution < 1.29 is 21.6 Å². The molecule has 0 fully saturated rings. The number of fused-ring (bicyclic) bond motifs is 2. The van der Waals surface area contributed by atoms with Crippen molar-refractivity contribution in [3.63, 3.8) is 0 Å². The van der Waals surface area contributed by atoms with Crippen LogP contribution in [0.2, 0.25) is 0 Å². The fourth-order valence-corrected chi connectivity index (χ4v) is 5.22. The Morgan fingerprint density at radius 2 is 1.71 bits per heavy atom. The number of sulfone groups is 1. The standard InChI is InChI=1S/C22H25F3O2S/c1-13(2)14-6-9-17-16-10-7-15(21(3,4)5)8-11-18(16)20(19(17)12-14)28(26,27)22(23,24)25/h6-10,12-13,20H,11H2,1-5H3. The van der Waals surface area contributed by atoms with Gasteiger partial charge in [0, 0.05) is 0 Å². The van der Waals surface area contributed by atoms with Crippen LogP contribution in [0.1, 0.15) is 68.9 Å². The molecule has 0 heterocycles. The summed E-state index contributed by atoms with van der Waals surface area (Å²) in [4.78, 5) is 0. The molecule has 6 heteroatoms. The van der Waals surface area contributed by atoms with Crippen LogP contribution in [0, 0.1) is 5.41 Å². The van der Waals surface area contributed by atoms with Crippen LogP contribution in [0.25, 0.3) is 5.57 Å². The molecule has 0 saturated heterocycles. The van der Waals surface area contributed by atoms with Crippen molar-refractivity contribution >= 4 is 15.4 Å². The molecule has 3 rings (SSSR count). The molecule has 0 saturated carbocycles. The Hall–Kier alpha value is -1.82. The van der Waals surface area contributed by atoms with Crippen LogP contribution in [-0.4, -0.2) is 13.9 Å². The lowest BCUT2D eigenvalue weighted by atomic mass is 9.85. The number of hydrogen-bond donors (Lipinski definition) is 0. The topological polar surface area (TPSA) is 34.1 Å². The third-order valence-electron chi connectivity index (χ3n) is 5.45. The number of hydrogen-bond acceptors (Lipinski definition) is 2. The van der Waals surface area contributed by atoms with Gasteiger partial charge in [-0.1, -0.05) is 71.0 Å². The van der Waals surface area contributed by atoms with E-state index in [1.165, 1.54) is 0 Å². The molecule has 0 spiro atoms. The largest absolute Gasteiger partial charge is 0.498 e. The van der Waals surface area contributed by atoms with Crippen LogP contribution in [0.3, 0.4) is 0 Å². The molecular formula is C22H25F3O2S. The van der Waals surface area contributed by atoms with E-state index in [0.717, 1.165) is 11.1 Å². The maximum atomic E-state index is 13.5. The monoisotopic (exact) mass is 410 g/mol. The third-order valence-corrected chi connectivity index (χ3v) is 7.25. The first-order valence-electron chi connectivity index (χ1n) is 9.31. The molecule has 2 aliphatic rings. The molecule has 152 valence electrons. The average Bonchev–Trinajstić information content (AvgIpc) is 2.70. The lowest BCUT2D eigenvalue weighted by Crippen LogP contribution is -2.29. The molecule has 1 atom stereocenters. The number of halogens is 3. The van der Waals surface area contributed by atoms with Crippen LogP contribution in [0.15, 0.2) is 47.6 Å². The van der Waals surface area contributed by atoms with E-state index in [-0.39, 0.29) is 23.3 Å². The van der Waals surface area contributed by atoms with Crippen molar-refractivity contribution in [2.75, 3.05) is 0 Å². The van der Waals surface area contributed by atoms with Gasteiger partial charge in [-0.05, 0) is 51.2 Å². The first-order valence-corrected chi connectivity index (χ1v) is 10.9. The molecule has 1 aromatic rings. The summed E-state index contributed by atoms with van der Waals surface area (Å²) in [5.74, 6) is 0.0860. The minimum Gasteiger partial charge on any atom is -0.219 e. The Morgan fingerprint density at radius 3 is 2.25 bits per heavy atom. The summed E-state index contributed by atoms with van der Waals surface area (Å²) >= 11 is 0. The summed E-state index contributed by atoms with van der Waals surface area (Å²) in [5.41, 5.74) is -1.96. The second kappa shape index (κ2) is 6.61. The van der Waals surface area contributed by atoms with Gasteiger partial charge < -0.3 is 0 Å². The SMILES string of the molecule is CC(C)c1ccc2c(c1)C(S(=O)(=O)C(F)(F)F)C1=C2C=CC(C(C)(C)C)=CC1. The van der Waals surface area contributed by atoms with Gasteiger partial charge in [0.25, 0.3) is 9.84 Å². The van der Waals surface area contributed by atoms with E-state index in [4.69, 9.17) is 0 Å². The van der Waals surface area contributed by atoms with Gasteiger partial charge in [0.15, 0.2) is 0 Å².